The summed E-state index contributed by atoms with van der Waals surface area (Å²) in [6.45, 7) is 4.62. The van der Waals surface area contributed by atoms with Crippen LogP contribution in [0.25, 0.3) is 56.6 Å². The zero-order valence-corrected chi connectivity index (χ0v) is 22.5. The Morgan fingerprint density at radius 3 is 1.90 bits per heavy atom. The first kappa shape index (κ1) is 25.1. The monoisotopic (exact) mass is 544 g/mol. The van der Waals surface area contributed by atoms with Crippen LogP contribution in [-0.4, -0.2) is 43.2 Å². The molecule has 0 aliphatic carbocycles. The molecule has 4 aromatic heterocycles. The smallest absolute Gasteiger partial charge is 0.182 e. The summed E-state index contributed by atoms with van der Waals surface area (Å²) in [4.78, 5) is 34.9. The number of nitrogens with zero attached hydrogens (tertiary/aromatic N) is 8. The quantitative estimate of drug-likeness (QED) is 0.207. The molecule has 0 radical (unpaired) electrons. The molecule has 8 heteroatoms. The molecule has 1 aliphatic heterocycles. The molecule has 2 aromatic carbocycles. The molecular weight excluding hydrogens is 520 g/mol. The van der Waals surface area contributed by atoms with Gasteiger partial charge in [-0.2, -0.15) is 0 Å². The fourth-order valence-corrected chi connectivity index (χ4v) is 4.95. The summed E-state index contributed by atoms with van der Waals surface area (Å²) in [5.41, 5.74) is 6.49. The van der Waals surface area contributed by atoms with Crippen LogP contribution in [0.3, 0.4) is 0 Å². The number of allylic oxidation sites excluding steroid dienone is 2. The highest BCUT2D eigenvalue weighted by Crippen LogP contribution is 2.43. The van der Waals surface area contributed by atoms with E-state index in [0.29, 0.717) is 35.4 Å². The molecule has 0 bridgehead atoms. The van der Waals surface area contributed by atoms with Gasteiger partial charge in [0, 0.05) is 41.7 Å². The van der Waals surface area contributed by atoms with Crippen molar-refractivity contribution in [3.8, 4) is 45.7 Å². The van der Waals surface area contributed by atoms with Crippen molar-refractivity contribution in [1.29, 1.82) is 0 Å². The number of benzene rings is 2. The Labute approximate surface area is 242 Å². The van der Waals surface area contributed by atoms with Gasteiger partial charge in [-0.15, -0.1) is 0 Å². The second-order valence-electron chi connectivity index (χ2n) is 9.57. The van der Waals surface area contributed by atoms with E-state index < -0.39 is 0 Å². The van der Waals surface area contributed by atoms with E-state index in [0.717, 1.165) is 39.1 Å². The molecule has 0 N–H and O–H groups in total. The van der Waals surface area contributed by atoms with E-state index in [2.05, 4.69) is 37.6 Å². The van der Waals surface area contributed by atoms with Crippen LogP contribution < -0.4 is 4.90 Å². The summed E-state index contributed by atoms with van der Waals surface area (Å²) in [6.07, 6.45) is 11.6. The second kappa shape index (κ2) is 10.9. The number of aliphatic imine (C=N–C) groups is 1. The molecule has 6 aromatic rings. The van der Waals surface area contributed by atoms with Gasteiger partial charge in [0.05, 0.1) is 22.6 Å². The molecule has 0 spiro atoms. The summed E-state index contributed by atoms with van der Waals surface area (Å²) in [5.74, 6) is 1.49. The van der Waals surface area contributed by atoms with Crippen LogP contribution in [0.4, 0.5) is 11.4 Å². The minimum atomic E-state index is 0.482. The van der Waals surface area contributed by atoms with Crippen LogP contribution in [-0.2, 0) is 0 Å². The Morgan fingerprint density at radius 1 is 0.643 bits per heavy atom. The van der Waals surface area contributed by atoms with E-state index in [4.69, 9.17) is 15.0 Å². The van der Waals surface area contributed by atoms with Gasteiger partial charge in [0.25, 0.3) is 0 Å². The summed E-state index contributed by atoms with van der Waals surface area (Å²) in [6, 6.07) is 27.4. The summed E-state index contributed by atoms with van der Waals surface area (Å²) >= 11 is 0. The predicted molar refractivity (Wildman–Crippen MR) is 167 cm³/mol. The Bertz CT molecular complexity index is 1910. The number of para-hydroxylation sites is 1. The lowest BCUT2D eigenvalue weighted by Crippen LogP contribution is -2.19. The van der Waals surface area contributed by atoms with Crippen molar-refractivity contribution < 1.29 is 0 Å². The third kappa shape index (κ3) is 4.71. The van der Waals surface area contributed by atoms with Crippen molar-refractivity contribution in [2.45, 2.75) is 0 Å². The summed E-state index contributed by atoms with van der Waals surface area (Å²) in [7, 11) is 0. The zero-order valence-electron chi connectivity index (χ0n) is 22.5. The van der Waals surface area contributed by atoms with Gasteiger partial charge in [0.2, 0.25) is 0 Å². The van der Waals surface area contributed by atoms with Crippen LogP contribution in [0.5, 0.6) is 0 Å². The number of anilines is 1. The van der Waals surface area contributed by atoms with Gasteiger partial charge in [-0.25, -0.2) is 19.9 Å². The molecule has 0 unspecified atom stereocenters. The number of fused-ring (bicyclic) bond motifs is 1. The number of hydrogen-bond acceptors (Lipinski definition) is 8. The van der Waals surface area contributed by atoms with E-state index in [1.165, 1.54) is 0 Å². The van der Waals surface area contributed by atoms with Crippen LogP contribution in [0.15, 0.2) is 127 Å². The van der Waals surface area contributed by atoms with E-state index in [-0.39, 0.29) is 0 Å². The first-order valence-corrected chi connectivity index (χ1v) is 13.5. The number of hydrogen-bond donors (Lipinski definition) is 0. The highest BCUT2D eigenvalue weighted by atomic mass is 15.1. The van der Waals surface area contributed by atoms with Gasteiger partial charge >= 0.3 is 0 Å². The number of pyridine rings is 3. The van der Waals surface area contributed by atoms with Crippen LogP contribution >= 0.6 is 0 Å². The molecule has 7 rings (SSSR count). The summed E-state index contributed by atoms with van der Waals surface area (Å²) in [5, 5.41) is 0.958. The Hall–Kier alpha value is -5.89. The number of rotatable bonds is 6. The van der Waals surface area contributed by atoms with Crippen LogP contribution in [0.1, 0.15) is 0 Å². The van der Waals surface area contributed by atoms with E-state index in [1.54, 1.807) is 12.4 Å². The first-order valence-electron chi connectivity index (χ1n) is 13.5. The average molecular weight is 545 g/mol. The van der Waals surface area contributed by atoms with Crippen molar-refractivity contribution in [2.75, 3.05) is 11.4 Å². The molecule has 0 saturated carbocycles. The van der Waals surface area contributed by atoms with Crippen molar-refractivity contribution in [3.05, 3.63) is 122 Å². The Kier molecular flexibility index (Phi) is 6.54. The van der Waals surface area contributed by atoms with Gasteiger partial charge in [0.15, 0.2) is 17.5 Å². The topological polar surface area (TPSA) is 92.9 Å². The first-order chi connectivity index (χ1) is 20.8. The third-order valence-corrected chi connectivity index (χ3v) is 6.94. The fraction of sp³-hybridized carbons (Fsp3) is 0.0294. The largest absolute Gasteiger partial charge is 0.341 e. The lowest BCUT2D eigenvalue weighted by molar-refractivity contribution is 1.05. The number of aromatic nitrogens is 6. The lowest BCUT2D eigenvalue weighted by Gasteiger charge is -2.25. The summed E-state index contributed by atoms with van der Waals surface area (Å²) < 4.78 is 0. The fourth-order valence-electron chi connectivity index (χ4n) is 4.95. The van der Waals surface area contributed by atoms with Crippen molar-refractivity contribution in [1.82, 2.24) is 29.9 Å². The SMILES string of the molecule is C=Nc1c(N2C=CC=CC2)c(-c2ccc(-c3nc(-c4ccccn4)nc(-c4ccccn4)n3)cc2)nc2ccccc12. The van der Waals surface area contributed by atoms with Crippen molar-refractivity contribution in [2.24, 2.45) is 4.99 Å². The lowest BCUT2D eigenvalue weighted by atomic mass is 10.0. The molecular formula is C34H24N8. The highest BCUT2D eigenvalue weighted by molar-refractivity contribution is 6.03. The maximum Gasteiger partial charge on any atom is 0.182 e. The predicted octanol–water partition coefficient (Wildman–Crippen LogP) is 7.10. The van der Waals surface area contributed by atoms with E-state index in [1.807, 2.05) is 103 Å². The molecule has 200 valence electrons. The molecule has 42 heavy (non-hydrogen) atoms. The molecule has 0 fully saturated rings. The van der Waals surface area contributed by atoms with Crippen molar-refractivity contribution in [3.63, 3.8) is 0 Å². The van der Waals surface area contributed by atoms with Gasteiger partial charge in [-0.1, -0.05) is 66.7 Å². The zero-order chi connectivity index (χ0) is 28.3. The standard InChI is InChI=1S/C34H24N8/c1-35-30-25-11-3-4-12-26(25)38-29(31(30)42-21-9-2-10-22-42)23-15-17-24(18-16-23)32-39-33(27-13-5-7-19-36-27)41-34(40-32)28-14-6-8-20-37-28/h2-21H,1,22H2. The maximum atomic E-state index is 5.09. The normalized spacial score (nSPS) is 12.5. The van der Waals surface area contributed by atoms with E-state index in [9.17, 15) is 0 Å². The Balaban J connectivity index is 1.36. The Morgan fingerprint density at radius 2 is 1.29 bits per heavy atom. The van der Waals surface area contributed by atoms with Crippen molar-refractivity contribution >= 4 is 29.0 Å². The molecule has 5 heterocycles. The highest BCUT2D eigenvalue weighted by Gasteiger charge is 2.21. The van der Waals surface area contributed by atoms with Gasteiger partial charge in [-0.3, -0.25) is 15.0 Å². The van der Waals surface area contributed by atoms with Crippen LogP contribution in [0, 0.1) is 0 Å². The van der Waals surface area contributed by atoms with Gasteiger partial charge in [-0.05, 0) is 43.1 Å². The second-order valence-corrected chi connectivity index (χ2v) is 9.57. The van der Waals surface area contributed by atoms with Crippen LogP contribution in [0.2, 0.25) is 0 Å². The molecule has 8 nitrogen and oxygen atoms in total. The van der Waals surface area contributed by atoms with Gasteiger partial charge in [0.1, 0.15) is 11.4 Å². The molecule has 1 aliphatic rings. The maximum absolute atomic E-state index is 5.09. The molecule has 0 amide bonds. The van der Waals surface area contributed by atoms with E-state index >= 15 is 0 Å². The molecule has 0 saturated heterocycles. The average Bonchev–Trinajstić information content (AvgIpc) is 3.08. The third-order valence-electron chi connectivity index (χ3n) is 6.94. The molecule has 0 atom stereocenters. The van der Waals surface area contributed by atoms with Gasteiger partial charge < -0.3 is 4.90 Å². The minimum absolute atomic E-state index is 0.482. The minimum Gasteiger partial charge on any atom is -0.341 e.